The van der Waals surface area contributed by atoms with Crippen molar-refractivity contribution in [2.75, 3.05) is 0 Å². The Balaban J connectivity index is 2.14. The van der Waals surface area contributed by atoms with Crippen molar-refractivity contribution in [1.29, 1.82) is 5.26 Å². The van der Waals surface area contributed by atoms with Crippen LogP contribution < -0.4 is 4.74 Å². The van der Waals surface area contributed by atoms with E-state index in [1.807, 2.05) is 6.07 Å². The van der Waals surface area contributed by atoms with Crippen LogP contribution in [0.4, 0.5) is 0 Å². The number of nitrogens with zero attached hydrogens (tertiary/aromatic N) is 2. The summed E-state index contributed by atoms with van der Waals surface area (Å²) < 4.78 is 5.56. The lowest BCUT2D eigenvalue weighted by Gasteiger charge is -2.12. The average molecular weight is 270 g/mol. The molecule has 0 saturated carbocycles. The topological polar surface area (TPSA) is 86.4 Å². The molecule has 1 aromatic heterocycles. The molecule has 2 rings (SSSR count). The van der Waals surface area contributed by atoms with Crippen LogP contribution in [0.1, 0.15) is 22.4 Å². The molecule has 0 aliphatic rings. The van der Waals surface area contributed by atoms with Gasteiger partial charge in [-0.3, -0.25) is 4.98 Å². The van der Waals surface area contributed by atoms with E-state index < -0.39 is 0 Å². The van der Waals surface area contributed by atoms with Crippen molar-refractivity contribution in [3.63, 3.8) is 0 Å². The molecule has 0 aliphatic heterocycles. The van der Waals surface area contributed by atoms with Gasteiger partial charge in [-0.25, -0.2) is 0 Å². The van der Waals surface area contributed by atoms with Gasteiger partial charge in [-0.2, -0.15) is 5.26 Å². The minimum atomic E-state index is -0.277. The van der Waals surface area contributed by atoms with Crippen LogP contribution >= 0.6 is 0 Å². The van der Waals surface area contributed by atoms with Crippen molar-refractivity contribution in [2.24, 2.45) is 0 Å². The first-order valence-electron chi connectivity index (χ1n) is 6.06. The first-order chi connectivity index (χ1) is 9.65. The molecule has 0 saturated heterocycles. The first-order valence-corrected chi connectivity index (χ1v) is 6.06. The van der Waals surface area contributed by atoms with Crippen molar-refractivity contribution in [3.05, 3.63) is 52.8 Å². The van der Waals surface area contributed by atoms with Gasteiger partial charge in [0, 0.05) is 17.3 Å². The predicted octanol–water partition coefficient (Wildman–Crippen LogP) is 2.04. The highest BCUT2D eigenvalue weighted by Crippen LogP contribution is 2.24. The fourth-order valence-corrected chi connectivity index (χ4v) is 1.77. The van der Waals surface area contributed by atoms with Crippen LogP contribution in [-0.2, 0) is 13.2 Å². The lowest BCUT2D eigenvalue weighted by Crippen LogP contribution is -2.03. The van der Waals surface area contributed by atoms with E-state index in [-0.39, 0.29) is 19.0 Å². The Morgan fingerprint density at radius 3 is 2.60 bits per heavy atom. The zero-order valence-electron chi connectivity index (χ0n) is 11.0. The van der Waals surface area contributed by atoms with E-state index >= 15 is 0 Å². The number of aryl methyl sites for hydroxylation is 1. The summed E-state index contributed by atoms with van der Waals surface area (Å²) in [6.45, 7) is 1.57. The van der Waals surface area contributed by atoms with Gasteiger partial charge in [0.2, 0.25) is 0 Å². The van der Waals surface area contributed by atoms with Crippen molar-refractivity contribution >= 4 is 0 Å². The van der Waals surface area contributed by atoms with Crippen LogP contribution in [0.25, 0.3) is 0 Å². The fraction of sp³-hybridized carbons (Fsp3) is 0.200. The average Bonchev–Trinajstić information content (AvgIpc) is 2.49. The number of benzene rings is 1. The lowest BCUT2D eigenvalue weighted by atomic mass is 10.1. The van der Waals surface area contributed by atoms with Crippen LogP contribution in [0, 0.1) is 18.3 Å². The molecular formula is C15H14N2O3. The number of aromatic nitrogens is 1. The molecular weight excluding hydrogens is 256 g/mol. The van der Waals surface area contributed by atoms with Crippen LogP contribution in [-0.4, -0.2) is 15.2 Å². The summed E-state index contributed by atoms with van der Waals surface area (Å²) >= 11 is 0. The number of ether oxygens (including phenoxy) is 1. The van der Waals surface area contributed by atoms with Gasteiger partial charge < -0.3 is 14.9 Å². The number of hydrogen-bond donors (Lipinski definition) is 2. The fourth-order valence-electron chi connectivity index (χ4n) is 1.77. The van der Waals surface area contributed by atoms with E-state index in [0.717, 1.165) is 0 Å². The second-order valence-corrected chi connectivity index (χ2v) is 4.28. The molecule has 1 aromatic carbocycles. The molecule has 5 nitrogen and oxygen atoms in total. The van der Waals surface area contributed by atoms with E-state index in [1.54, 1.807) is 37.4 Å². The van der Waals surface area contributed by atoms with Crippen molar-refractivity contribution in [1.82, 2.24) is 4.98 Å². The summed E-state index contributed by atoms with van der Waals surface area (Å²) in [6, 6.07) is 8.73. The van der Waals surface area contributed by atoms with E-state index in [4.69, 9.17) is 10.00 Å². The van der Waals surface area contributed by atoms with Gasteiger partial charge in [-0.15, -0.1) is 0 Å². The van der Waals surface area contributed by atoms with E-state index in [0.29, 0.717) is 28.1 Å². The molecule has 5 heteroatoms. The molecule has 2 aromatic rings. The molecule has 0 fully saturated rings. The van der Waals surface area contributed by atoms with Crippen molar-refractivity contribution < 1.29 is 14.9 Å². The van der Waals surface area contributed by atoms with Gasteiger partial charge in [0.1, 0.15) is 18.1 Å². The number of pyridine rings is 1. The number of rotatable bonds is 4. The van der Waals surface area contributed by atoms with Gasteiger partial charge >= 0.3 is 0 Å². The summed E-state index contributed by atoms with van der Waals surface area (Å²) in [6.07, 6.45) is 1.57. The number of nitriles is 1. The third kappa shape index (κ3) is 2.87. The second-order valence-electron chi connectivity index (χ2n) is 4.28. The highest BCUT2D eigenvalue weighted by Gasteiger charge is 2.11. The van der Waals surface area contributed by atoms with Gasteiger partial charge in [-0.05, 0) is 31.2 Å². The predicted molar refractivity (Wildman–Crippen MR) is 72.1 cm³/mol. The maximum atomic E-state index is 9.83. The maximum Gasteiger partial charge on any atom is 0.142 e. The molecule has 0 aliphatic carbocycles. The molecule has 0 atom stereocenters. The van der Waals surface area contributed by atoms with E-state index in [1.165, 1.54) is 0 Å². The quantitative estimate of drug-likeness (QED) is 0.887. The van der Waals surface area contributed by atoms with Crippen molar-refractivity contribution in [2.45, 2.75) is 20.1 Å². The molecule has 0 unspecified atom stereocenters. The van der Waals surface area contributed by atoms with Crippen LogP contribution in [0.2, 0.25) is 0 Å². The summed E-state index contributed by atoms with van der Waals surface area (Å²) in [4.78, 5) is 4.04. The number of hydrogen-bond acceptors (Lipinski definition) is 5. The SMILES string of the molecule is Cc1ncc(COc2ccc(C#N)cc2)c(CO)c1O. The summed E-state index contributed by atoms with van der Waals surface area (Å²) in [7, 11) is 0. The number of aliphatic hydroxyl groups is 1. The van der Waals surface area contributed by atoms with Crippen LogP contribution in [0.3, 0.4) is 0 Å². The minimum absolute atomic E-state index is 0.00608. The molecule has 0 spiro atoms. The highest BCUT2D eigenvalue weighted by atomic mass is 16.5. The molecule has 2 N–H and O–H groups in total. The third-order valence-corrected chi connectivity index (χ3v) is 2.97. The summed E-state index contributed by atoms with van der Waals surface area (Å²) in [5.41, 5.74) is 2.07. The number of aliphatic hydroxyl groups excluding tert-OH is 1. The van der Waals surface area contributed by atoms with Crippen molar-refractivity contribution in [3.8, 4) is 17.6 Å². The zero-order chi connectivity index (χ0) is 14.5. The Morgan fingerprint density at radius 2 is 2.00 bits per heavy atom. The van der Waals surface area contributed by atoms with Crippen LogP contribution in [0.5, 0.6) is 11.5 Å². The monoisotopic (exact) mass is 270 g/mol. The zero-order valence-corrected chi connectivity index (χ0v) is 11.0. The summed E-state index contributed by atoms with van der Waals surface area (Å²) in [5.74, 6) is 0.599. The van der Waals surface area contributed by atoms with E-state index in [9.17, 15) is 10.2 Å². The molecule has 102 valence electrons. The van der Waals surface area contributed by atoms with Crippen LogP contribution in [0.15, 0.2) is 30.5 Å². The van der Waals surface area contributed by atoms with Gasteiger partial charge in [0.25, 0.3) is 0 Å². The molecule has 0 radical (unpaired) electrons. The Labute approximate surface area is 116 Å². The molecule has 1 heterocycles. The maximum absolute atomic E-state index is 9.83. The standard InChI is InChI=1S/C15H14N2O3/c1-10-15(19)14(8-18)12(7-17-10)9-20-13-4-2-11(6-16)3-5-13/h2-5,7,18-19H,8-9H2,1H3. The molecule has 20 heavy (non-hydrogen) atoms. The minimum Gasteiger partial charge on any atom is -0.506 e. The Bertz CT molecular complexity index is 645. The van der Waals surface area contributed by atoms with Gasteiger partial charge in [0.05, 0.1) is 23.9 Å². The first kappa shape index (κ1) is 13.8. The third-order valence-electron chi connectivity index (χ3n) is 2.97. The normalized spacial score (nSPS) is 10.1. The summed E-state index contributed by atoms with van der Waals surface area (Å²) in [5, 5.41) is 27.8. The Hall–Kier alpha value is -2.58. The smallest absolute Gasteiger partial charge is 0.142 e. The Morgan fingerprint density at radius 1 is 1.30 bits per heavy atom. The molecule has 0 amide bonds. The Kier molecular flexibility index (Phi) is 4.18. The highest BCUT2D eigenvalue weighted by molar-refractivity contribution is 5.40. The number of aromatic hydroxyl groups is 1. The lowest BCUT2D eigenvalue weighted by molar-refractivity contribution is 0.262. The second kappa shape index (κ2) is 6.04. The van der Waals surface area contributed by atoms with E-state index in [2.05, 4.69) is 4.98 Å². The van der Waals surface area contributed by atoms with Gasteiger partial charge in [-0.1, -0.05) is 0 Å². The molecule has 0 bridgehead atoms. The van der Waals surface area contributed by atoms with Gasteiger partial charge in [0.15, 0.2) is 0 Å². The largest absolute Gasteiger partial charge is 0.506 e.